The number of hydrogen-bond acceptors (Lipinski definition) is 3. The van der Waals surface area contributed by atoms with Crippen LogP contribution in [0.5, 0.6) is 0 Å². The first-order valence-electron chi connectivity index (χ1n) is 9.26. The normalized spacial score (nSPS) is 22.2. The Morgan fingerprint density at radius 3 is 2.65 bits per heavy atom. The van der Waals surface area contributed by atoms with Gasteiger partial charge in [-0.3, -0.25) is 4.79 Å². The fourth-order valence-corrected chi connectivity index (χ4v) is 3.89. The summed E-state index contributed by atoms with van der Waals surface area (Å²) in [4.78, 5) is 14.9. The molecule has 0 aliphatic carbocycles. The van der Waals surface area contributed by atoms with Gasteiger partial charge < -0.3 is 10.2 Å². The van der Waals surface area contributed by atoms with Crippen LogP contribution in [0, 0.1) is 17.7 Å². The molecule has 6 heteroatoms. The number of benzene rings is 1. The van der Waals surface area contributed by atoms with Crippen LogP contribution in [-0.4, -0.2) is 46.3 Å². The molecule has 3 rings (SSSR count). The van der Waals surface area contributed by atoms with Crippen LogP contribution >= 0.6 is 0 Å². The number of piperidine rings is 1. The summed E-state index contributed by atoms with van der Waals surface area (Å²) in [6.45, 7) is 9.55. The molecule has 3 atom stereocenters. The van der Waals surface area contributed by atoms with Crippen LogP contribution in [0.1, 0.15) is 37.7 Å². The van der Waals surface area contributed by atoms with Crippen molar-refractivity contribution in [1.29, 1.82) is 0 Å². The van der Waals surface area contributed by atoms with E-state index < -0.39 is 0 Å². The Kier molecular flexibility index (Phi) is 5.71. The molecule has 1 saturated heterocycles. The van der Waals surface area contributed by atoms with Crippen molar-refractivity contribution in [1.82, 2.24) is 20.0 Å². The number of nitrogens with zero attached hydrogens (tertiary/aromatic N) is 3. The van der Waals surface area contributed by atoms with E-state index in [2.05, 4.69) is 29.2 Å². The Bertz CT molecular complexity index is 750. The van der Waals surface area contributed by atoms with E-state index in [9.17, 15) is 9.18 Å². The van der Waals surface area contributed by atoms with Crippen molar-refractivity contribution in [2.45, 2.75) is 33.2 Å². The predicted molar refractivity (Wildman–Crippen MR) is 99.8 cm³/mol. The zero-order valence-corrected chi connectivity index (χ0v) is 15.7. The quantitative estimate of drug-likeness (QED) is 0.893. The summed E-state index contributed by atoms with van der Waals surface area (Å²) < 4.78 is 15.2. The van der Waals surface area contributed by atoms with Gasteiger partial charge in [0.25, 0.3) is 5.91 Å². The number of carbonyl (C=O) groups excluding carboxylic acids is 1. The third-order valence-corrected chi connectivity index (χ3v) is 4.78. The maximum Gasteiger partial charge on any atom is 0.272 e. The van der Waals surface area contributed by atoms with Crippen molar-refractivity contribution in [3.63, 3.8) is 0 Å². The van der Waals surface area contributed by atoms with Gasteiger partial charge in [-0.2, -0.15) is 5.10 Å². The number of likely N-dealkylation sites (tertiary alicyclic amines) is 1. The molecule has 0 spiro atoms. The lowest BCUT2D eigenvalue weighted by atomic mass is 9.92. The van der Waals surface area contributed by atoms with E-state index in [0.717, 1.165) is 19.6 Å². The molecule has 140 valence electrons. The highest BCUT2D eigenvalue weighted by molar-refractivity contribution is 5.92. The third kappa shape index (κ3) is 4.49. The van der Waals surface area contributed by atoms with E-state index in [1.165, 1.54) is 17.2 Å². The molecule has 26 heavy (non-hydrogen) atoms. The van der Waals surface area contributed by atoms with Crippen molar-refractivity contribution in [2.75, 3.05) is 19.6 Å². The van der Waals surface area contributed by atoms with Crippen LogP contribution in [-0.2, 0) is 0 Å². The van der Waals surface area contributed by atoms with Crippen molar-refractivity contribution in [3.8, 4) is 5.69 Å². The van der Waals surface area contributed by atoms with Crippen molar-refractivity contribution in [3.05, 3.63) is 48.0 Å². The van der Waals surface area contributed by atoms with Gasteiger partial charge in [-0.15, -0.1) is 0 Å². The monoisotopic (exact) mass is 358 g/mol. The van der Waals surface area contributed by atoms with Crippen molar-refractivity contribution < 1.29 is 9.18 Å². The van der Waals surface area contributed by atoms with Crippen LogP contribution in [0.4, 0.5) is 4.39 Å². The molecular weight excluding hydrogens is 331 g/mol. The summed E-state index contributed by atoms with van der Waals surface area (Å²) in [7, 11) is 0. The standard InChI is InChI=1S/C20H27FN4O/c1-14-10-15(2)12-24(11-14)13-16(3)22-20(26)18-8-9-25(23-18)19-7-5-4-6-17(19)21/h4-9,14-16H,10-13H2,1-3H3,(H,22,26). The molecule has 0 bridgehead atoms. The summed E-state index contributed by atoms with van der Waals surface area (Å²) in [6.07, 6.45) is 2.87. The van der Waals surface area contributed by atoms with E-state index in [4.69, 9.17) is 0 Å². The minimum absolute atomic E-state index is 0.0265. The number of rotatable bonds is 5. The fourth-order valence-electron chi connectivity index (χ4n) is 3.89. The number of para-hydroxylation sites is 1. The van der Waals surface area contributed by atoms with Crippen molar-refractivity contribution in [2.24, 2.45) is 11.8 Å². The highest BCUT2D eigenvalue weighted by Crippen LogP contribution is 2.21. The lowest BCUT2D eigenvalue weighted by Crippen LogP contribution is -2.47. The van der Waals surface area contributed by atoms with Crippen LogP contribution in [0.25, 0.3) is 5.69 Å². The molecule has 1 fully saturated rings. The summed E-state index contributed by atoms with van der Waals surface area (Å²) in [5.74, 6) is 0.784. The second kappa shape index (κ2) is 7.99. The van der Waals surface area contributed by atoms with Gasteiger partial charge in [0.15, 0.2) is 5.69 Å². The van der Waals surface area contributed by atoms with Crippen LogP contribution < -0.4 is 5.32 Å². The molecular formula is C20H27FN4O. The van der Waals surface area contributed by atoms with E-state index in [0.29, 0.717) is 23.2 Å². The summed E-state index contributed by atoms with van der Waals surface area (Å²) in [6, 6.07) is 8.01. The van der Waals surface area contributed by atoms with Gasteiger partial charge in [-0.05, 0) is 43.4 Å². The lowest BCUT2D eigenvalue weighted by molar-refractivity contribution is 0.0899. The van der Waals surface area contributed by atoms with Gasteiger partial charge >= 0.3 is 0 Å². The number of nitrogens with one attached hydrogen (secondary N) is 1. The molecule has 1 aromatic heterocycles. The summed E-state index contributed by atoms with van der Waals surface area (Å²) in [5.41, 5.74) is 0.622. The summed E-state index contributed by atoms with van der Waals surface area (Å²) >= 11 is 0. The molecule has 1 amide bonds. The number of aromatic nitrogens is 2. The van der Waals surface area contributed by atoms with Gasteiger partial charge in [0.2, 0.25) is 0 Å². The first-order chi connectivity index (χ1) is 12.4. The van der Waals surface area contributed by atoms with E-state index in [1.807, 2.05) is 6.92 Å². The van der Waals surface area contributed by atoms with Gasteiger partial charge in [-0.1, -0.05) is 26.0 Å². The van der Waals surface area contributed by atoms with Gasteiger partial charge in [0.1, 0.15) is 11.5 Å². The Balaban J connectivity index is 1.59. The fraction of sp³-hybridized carbons (Fsp3) is 0.500. The highest BCUT2D eigenvalue weighted by Gasteiger charge is 2.23. The minimum Gasteiger partial charge on any atom is -0.347 e. The summed E-state index contributed by atoms with van der Waals surface area (Å²) in [5, 5.41) is 7.22. The first kappa shape index (κ1) is 18.6. The topological polar surface area (TPSA) is 50.2 Å². The molecule has 0 radical (unpaired) electrons. The first-order valence-corrected chi connectivity index (χ1v) is 9.26. The van der Waals surface area contributed by atoms with E-state index in [1.54, 1.807) is 30.5 Å². The van der Waals surface area contributed by atoms with E-state index >= 15 is 0 Å². The maximum atomic E-state index is 13.9. The van der Waals surface area contributed by atoms with E-state index in [-0.39, 0.29) is 17.8 Å². The molecule has 2 heterocycles. The average Bonchev–Trinajstić information content (AvgIpc) is 3.04. The molecule has 3 unspecified atom stereocenters. The molecule has 1 aromatic carbocycles. The molecule has 0 saturated carbocycles. The molecule has 1 aliphatic heterocycles. The Morgan fingerprint density at radius 2 is 1.96 bits per heavy atom. The lowest BCUT2D eigenvalue weighted by Gasteiger charge is -2.36. The zero-order valence-electron chi connectivity index (χ0n) is 15.7. The highest BCUT2D eigenvalue weighted by atomic mass is 19.1. The smallest absolute Gasteiger partial charge is 0.272 e. The minimum atomic E-state index is -0.371. The zero-order chi connectivity index (χ0) is 18.7. The third-order valence-electron chi connectivity index (χ3n) is 4.78. The van der Waals surface area contributed by atoms with Crippen LogP contribution in [0.3, 0.4) is 0 Å². The molecule has 5 nitrogen and oxygen atoms in total. The Morgan fingerprint density at radius 1 is 1.27 bits per heavy atom. The van der Waals surface area contributed by atoms with Gasteiger partial charge in [0, 0.05) is 31.9 Å². The second-order valence-corrected chi connectivity index (χ2v) is 7.64. The number of hydrogen-bond donors (Lipinski definition) is 1. The van der Waals surface area contributed by atoms with Crippen LogP contribution in [0.2, 0.25) is 0 Å². The molecule has 2 aromatic rings. The molecule has 1 N–H and O–H groups in total. The number of halogens is 1. The predicted octanol–water partition coefficient (Wildman–Crippen LogP) is 3.11. The average molecular weight is 358 g/mol. The van der Waals surface area contributed by atoms with Gasteiger partial charge in [0.05, 0.1) is 0 Å². The Labute approximate surface area is 154 Å². The second-order valence-electron chi connectivity index (χ2n) is 7.64. The number of amides is 1. The SMILES string of the molecule is CC1CC(C)CN(CC(C)NC(=O)c2ccn(-c3ccccc3F)n2)C1. The largest absolute Gasteiger partial charge is 0.347 e. The van der Waals surface area contributed by atoms with Gasteiger partial charge in [-0.25, -0.2) is 9.07 Å². The maximum absolute atomic E-state index is 13.9. The Hall–Kier alpha value is -2.21. The van der Waals surface area contributed by atoms with Crippen LogP contribution in [0.15, 0.2) is 36.5 Å². The molecule has 1 aliphatic rings. The van der Waals surface area contributed by atoms with Crippen molar-refractivity contribution >= 4 is 5.91 Å². The number of carbonyl (C=O) groups is 1.